The van der Waals surface area contributed by atoms with Gasteiger partial charge in [0.25, 0.3) is 5.91 Å². The van der Waals surface area contributed by atoms with Crippen molar-refractivity contribution < 1.29 is 14.3 Å². The van der Waals surface area contributed by atoms with Crippen LogP contribution in [-0.2, 0) is 4.79 Å². The molecule has 0 radical (unpaired) electrons. The van der Waals surface area contributed by atoms with Crippen LogP contribution in [0.25, 0.3) is 0 Å². The van der Waals surface area contributed by atoms with Crippen molar-refractivity contribution in [3.05, 3.63) is 59.7 Å². The van der Waals surface area contributed by atoms with E-state index in [4.69, 9.17) is 4.74 Å². The summed E-state index contributed by atoms with van der Waals surface area (Å²) in [7, 11) is 3.99. The van der Waals surface area contributed by atoms with Crippen LogP contribution in [0.2, 0.25) is 0 Å². The third kappa shape index (κ3) is 5.15. The molecule has 29 heavy (non-hydrogen) atoms. The Morgan fingerprint density at radius 2 is 1.97 bits per heavy atom. The lowest BCUT2D eigenvalue weighted by molar-refractivity contribution is -0.117. The third-order valence-corrected chi connectivity index (χ3v) is 5.15. The van der Waals surface area contributed by atoms with Crippen molar-refractivity contribution in [1.82, 2.24) is 10.2 Å². The molecule has 1 aliphatic rings. The van der Waals surface area contributed by atoms with Crippen LogP contribution in [0.5, 0.6) is 5.75 Å². The van der Waals surface area contributed by atoms with Gasteiger partial charge in [-0.2, -0.15) is 0 Å². The Hall–Kier alpha value is -2.86. The van der Waals surface area contributed by atoms with E-state index in [1.807, 2.05) is 57.4 Å². The Labute approximate surface area is 172 Å². The molecule has 6 nitrogen and oxygen atoms in total. The minimum atomic E-state index is -0.142. The number of ether oxygens (including phenoxy) is 1. The summed E-state index contributed by atoms with van der Waals surface area (Å²) in [4.78, 5) is 28.5. The maximum Gasteiger partial charge on any atom is 0.251 e. The average molecular weight is 396 g/mol. The smallest absolute Gasteiger partial charge is 0.251 e. The number of anilines is 1. The van der Waals surface area contributed by atoms with Gasteiger partial charge in [-0.3, -0.25) is 9.59 Å². The van der Waals surface area contributed by atoms with Crippen LogP contribution in [0.1, 0.15) is 41.7 Å². The van der Waals surface area contributed by atoms with Crippen LogP contribution in [0.3, 0.4) is 0 Å². The summed E-state index contributed by atoms with van der Waals surface area (Å²) in [6.07, 6.45) is 1.44. The fraction of sp³-hybridized carbons (Fsp3) is 0.391. The predicted molar refractivity (Wildman–Crippen MR) is 114 cm³/mol. The van der Waals surface area contributed by atoms with Crippen LogP contribution in [-0.4, -0.2) is 50.5 Å². The molecule has 1 unspecified atom stereocenters. The first-order valence-electron chi connectivity index (χ1n) is 10.1. The van der Waals surface area contributed by atoms with Crippen LogP contribution in [0, 0.1) is 0 Å². The first-order chi connectivity index (χ1) is 14.0. The zero-order chi connectivity index (χ0) is 20.8. The normalized spacial score (nSPS) is 14.9. The molecule has 2 amide bonds. The fourth-order valence-electron chi connectivity index (χ4n) is 3.58. The summed E-state index contributed by atoms with van der Waals surface area (Å²) in [5.41, 5.74) is 2.46. The highest BCUT2D eigenvalue weighted by Gasteiger charge is 2.22. The molecule has 0 spiro atoms. The quantitative estimate of drug-likeness (QED) is 0.745. The number of nitrogens with one attached hydrogen (secondary N) is 1. The molecule has 2 aromatic rings. The number of benzene rings is 2. The van der Waals surface area contributed by atoms with Gasteiger partial charge in [0.2, 0.25) is 5.91 Å². The van der Waals surface area contributed by atoms with Crippen LogP contribution >= 0.6 is 0 Å². The molecule has 2 aromatic carbocycles. The van der Waals surface area contributed by atoms with E-state index in [0.29, 0.717) is 31.7 Å². The average Bonchev–Trinajstić information content (AvgIpc) is 3.15. The summed E-state index contributed by atoms with van der Waals surface area (Å²) in [5.74, 6) is 0.813. The van der Waals surface area contributed by atoms with E-state index in [2.05, 4.69) is 10.2 Å². The largest absolute Gasteiger partial charge is 0.494 e. The topological polar surface area (TPSA) is 61.9 Å². The molecular formula is C23H29N3O3. The van der Waals surface area contributed by atoms with Crippen molar-refractivity contribution in [1.29, 1.82) is 0 Å². The Morgan fingerprint density at radius 1 is 1.21 bits per heavy atom. The lowest BCUT2D eigenvalue weighted by Gasteiger charge is -2.25. The second-order valence-corrected chi connectivity index (χ2v) is 7.39. The number of amides is 2. The van der Waals surface area contributed by atoms with Crippen molar-refractivity contribution >= 4 is 17.5 Å². The summed E-state index contributed by atoms with van der Waals surface area (Å²) < 4.78 is 5.51. The van der Waals surface area contributed by atoms with E-state index in [1.165, 1.54) is 0 Å². The molecule has 1 aliphatic heterocycles. The Balaban J connectivity index is 1.67. The second kappa shape index (κ2) is 9.56. The van der Waals surface area contributed by atoms with Gasteiger partial charge < -0.3 is 19.9 Å². The van der Waals surface area contributed by atoms with Gasteiger partial charge in [0, 0.05) is 30.8 Å². The highest BCUT2D eigenvalue weighted by Crippen LogP contribution is 2.23. The SMILES string of the molecule is CCOc1ccc(C(CNC(=O)c2cccc(N3CCCC3=O)c2)N(C)C)cc1. The number of carbonyl (C=O) groups is 2. The van der Waals surface area contributed by atoms with Crippen LogP contribution < -0.4 is 15.0 Å². The summed E-state index contributed by atoms with van der Waals surface area (Å²) in [6.45, 7) is 3.78. The molecule has 0 aliphatic carbocycles. The Kier molecular flexibility index (Phi) is 6.88. The molecule has 0 aromatic heterocycles. The van der Waals surface area contributed by atoms with E-state index in [9.17, 15) is 9.59 Å². The molecular weight excluding hydrogens is 366 g/mol. The minimum absolute atomic E-state index is 0.0398. The number of carbonyl (C=O) groups excluding carboxylic acids is 2. The van der Waals surface area contributed by atoms with E-state index in [1.54, 1.807) is 17.0 Å². The van der Waals surface area contributed by atoms with Gasteiger partial charge in [0.15, 0.2) is 0 Å². The van der Waals surface area contributed by atoms with Gasteiger partial charge in [-0.15, -0.1) is 0 Å². The Bertz CT molecular complexity index is 849. The molecule has 1 fully saturated rings. The molecule has 154 valence electrons. The third-order valence-electron chi connectivity index (χ3n) is 5.15. The fourth-order valence-corrected chi connectivity index (χ4v) is 3.58. The standard InChI is InChI=1S/C23H29N3O3/c1-4-29-20-12-10-17(11-13-20)21(25(2)3)16-24-23(28)18-7-5-8-19(15-18)26-14-6-9-22(26)27/h5,7-8,10-13,15,21H,4,6,9,14,16H2,1-3H3,(H,24,28). The zero-order valence-electron chi connectivity index (χ0n) is 17.4. The second-order valence-electron chi connectivity index (χ2n) is 7.39. The number of hydrogen-bond donors (Lipinski definition) is 1. The lowest BCUT2D eigenvalue weighted by atomic mass is 10.1. The summed E-state index contributed by atoms with van der Waals surface area (Å²) in [5, 5.41) is 3.03. The summed E-state index contributed by atoms with van der Waals surface area (Å²) in [6, 6.07) is 15.3. The lowest BCUT2D eigenvalue weighted by Crippen LogP contribution is -2.34. The van der Waals surface area contributed by atoms with Gasteiger partial charge in [-0.1, -0.05) is 18.2 Å². The molecule has 1 N–H and O–H groups in total. The van der Waals surface area contributed by atoms with Crippen molar-refractivity contribution in [3.63, 3.8) is 0 Å². The molecule has 3 rings (SSSR count). The van der Waals surface area contributed by atoms with Crippen LogP contribution in [0.4, 0.5) is 5.69 Å². The Morgan fingerprint density at radius 3 is 2.59 bits per heavy atom. The van der Waals surface area contributed by atoms with Gasteiger partial charge in [-0.05, 0) is 63.3 Å². The van der Waals surface area contributed by atoms with Gasteiger partial charge in [0.05, 0.1) is 12.6 Å². The molecule has 1 heterocycles. The van der Waals surface area contributed by atoms with E-state index in [-0.39, 0.29) is 17.9 Å². The monoisotopic (exact) mass is 395 g/mol. The number of hydrogen-bond acceptors (Lipinski definition) is 4. The van der Waals surface area contributed by atoms with Gasteiger partial charge in [0.1, 0.15) is 5.75 Å². The first kappa shape index (κ1) is 20.9. The molecule has 0 bridgehead atoms. The molecule has 1 saturated heterocycles. The van der Waals surface area contributed by atoms with Gasteiger partial charge in [-0.25, -0.2) is 0 Å². The zero-order valence-corrected chi connectivity index (χ0v) is 17.4. The van der Waals surface area contributed by atoms with E-state index < -0.39 is 0 Å². The first-order valence-corrected chi connectivity index (χ1v) is 10.1. The number of likely N-dealkylation sites (N-methyl/N-ethyl adjacent to an activating group) is 1. The maximum absolute atomic E-state index is 12.7. The molecule has 6 heteroatoms. The highest BCUT2D eigenvalue weighted by molar-refractivity contribution is 5.99. The maximum atomic E-state index is 12.7. The van der Waals surface area contributed by atoms with Crippen LogP contribution in [0.15, 0.2) is 48.5 Å². The van der Waals surface area contributed by atoms with E-state index >= 15 is 0 Å². The molecule has 0 saturated carbocycles. The number of nitrogens with zero attached hydrogens (tertiary/aromatic N) is 2. The van der Waals surface area contributed by atoms with E-state index in [0.717, 1.165) is 23.4 Å². The van der Waals surface area contributed by atoms with Crippen molar-refractivity contribution in [2.45, 2.75) is 25.8 Å². The van der Waals surface area contributed by atoms with Crippen molar-refractivity contribution in [2.24, 2.45) is 0 Å². The number of rotatable bonds is 8. The highest BCUT2D eigenvalue weighted by atomic mass is 16.5. The summed E-state index contributed by atoms with van der Waals surface area (Å²) >= 11 is 0. The molecule has 1 atom stereocenters. The van der Waals surface area contributed by atoms with Crippen molar-refractivity contribution in [2.75, 3.05) is 38.7 Å². The predicted octanol–water partition coefficient (Wildman–Crippen LogP) is 3.24. The van der Waals surface area contributed by atoms with Crippen molar-refractivity contribution in [3.8, 4) is 5.75 Å². The van der Waals surface area contributed by atoms with Gasteiger partial charge >= 0.3 is 0 Å². The minimum Gasteiger partial charge on any atom is -0.494 e.